The van der Waals surface area contributed by atoms with Gasteiger partial charge in [-0.15, -0.1) is 0 Å². The molecule has 0 spiro atoms. The van der Waals surface area contributed by atoms with Crippen LogP contribution in [0, 0.1) is 5.41 Å². The molecule has 2 rings (SSSR count). The molecule has 2 N–H and O–H groups in total. The third-order valence-corrected chi connectivity index (χ3v) is 3.70. The molecule has 0 aromatic carbocycles. The predicted octanol–water partition coefficient (Wildman–Crippen LogP) is 1.43. The Hall–Kier alpha value is -1.62. The first-order valence-corrected chi connectivity index (χ1v) is 6.86. The molecule has 2 aliphatic rings. The van der Waals surface area contributed by atoms with Crippen molar-refractivity contribution < 1.29 is 19.4 Å². The van der Waals surface area contributed by atoms with Gasteiger partial charge in [-0.2, -0.15) is 0 Å². The van der Waals surface area contributed by atoms with Gasteiger partial charge < -0.3 is 15.2 Å². The molecule has 0 radical (unpaired) electrons. The van der Waals surface area contributed by atoms with E-state index in [0.717, 1.165) is 5.70 Å². The van der Waals surface area contributed by atoms with Crippen LogP contribution in [0.3, 0.4) is 0 Å². The van der Waals surface area contributed by atoms with E-state index in [0.29, 0.717) is 24.1 Å². The topological polar surface area (TPSA) is 75.6 Å². The van der Waals surface area contributed by atoms with Gasteiger partial charge in [-0.3, -0.25) is 4.79 Å². The van der Waals surface area contributed by atoms with Gasteiger partial charge in [-0.1, -0.05) is 13.8 Å². The third kappa shape index (κ3) is 2.50. The van der Waals surface area contributed by atoms with E-state index in [1.807, 2.05) is 13.8 Å². The van der Waals surface area contributed by atoms with Crippen LogP contribution in [0.2, 0.25) is 0 Å². The van der Waals surface area contributed by atoms with E-state index in [-0.39, 0.29) is 23.4 Å². The molecule has 1 heterocycles. The summed E-state index contributed by atoms with van der Waals surface area (Å²) in [4.78, 5) is 24.2. The SMILES string of the molecule is CCOC(=O)C1=C(C)NC2=C(C(=O)CC(C)(C)C2)C1O. The summed E-state index contributed by atoms with van der Waals surface area (Å²) in [7, 11) is 0. The summed E-state index contributed by atoms with van der Waals surface area (Å²) in [6.45, 7) is 7.68. The zero-order chi connectivity index (χ0) is 15.1. The number of hydrogen-bond donors (Lipinski definition) is 2. The van der Waals surface area contributed by atoms with Crippen molar-refractivity contribution in [3.63, 3.8) is 0 Å². The Morgan fingerprint density at radius 3 is 2.70 bits per heavy atom. The molecule has 0 aromatic rings. The van der Waals surface area contributed by atoms with E-state index in [9.17, 15) is 14.7 Å². The monoisotopic (exact) mass is 279 g/mol. The highest BCUT2D eigenvalue weighted by molar-refractivity contribution is 6.03. The van der Waals surface area contributed by atoms with Crippen LogP contribution in [0.25, 0.3) is 0 Å². The Morgan fingerprint density at radius 2 is 2.10 bits per heavy atom. The smallest absolute Gasteiger partial charge is 0.338 e. The van der Waals surface area contributed by atoms with Crippen molar-refractivity contribution in [1.29, 1.82) is 0 Å². The van der Waals surface area contributed by atoms with Gasteiger partial charge in [0.25, 0.3) is 0 Å². The number of aliphatic hydroxyl groups excluding tert-OH is 1. The van der Waals surface area contributed by atoms with Gasteiger partial charge in [0.15, 0.2) is 5.78 Å². The fourth-order valence-electron chi connectivity index (χ4n) is 2.88. The van der Waals surface area contributed by atoms with E-state index in [2.05, 4.69) is 5.32 Å². The summed E-state index contributed by atoms with van der Waals surface area (Å²) in [6, 6.07) is 0. The summed E-state index contributed by atoms with van der Waals surface area (Å²) in [5.74, 6) is -0.681. The van der Waals surface area contributed by atoms with E-state index in [1.165, 1.54) is 0 Å². The maximum Gasteiger partial charge on any atom is 0.338 e. The lowest BCUT2D eigenvalue weighted by Gasteiger charge is -2.37. The number of nitrogens with one attached hydrogen (secondary N) is 1. The second kappa shape index (κ2) is 5.05. The number of carbonyl (C=O) groups is 2. The van der Waals surface area contributed by atoms with Crippen molar-refractivity contribution in [1.82, 2.24) is 5.32 Å². The normalized spacial score (nSPS) is 25.2. The van der Waals surface area contributed by atoms with Crippen LogP contribution in [0.1, 0.15) is 40.5 Å². The van der Waals surface area contributed by atoms with Crippen molar-refractivity contribution in [2.75, 3.05) is 6.61 Å². The van der Waals surface area contributed by atoms with Gasteiger partial charge in [0.05, 0.1) is 12.2 Å². The third-order valence-electron chi connectivity index (χ3n) is 3.70. The highest BCUT2D eigenvalue weighted by atomic mass is 16.5. The quantitative estimate of drug-likeness (QED) is 0.748. The first kappa shape index (κ1) is 14.8. The summed E-state index contributed by atoms with van der Waals surface area (Å²) in [6.07, 6.45) is -0.132. The van der Waals surface area contributed by atoms with Gasteiger partial charge in [0, 0.05) is 23.4 Å². The zero-order valence-electron chi connectivity index (χ0n) is 12.4. The molecule has 0 saturated heterocycles. The van der Waals surface area contributed by atoms with Gasteiger partial charge in [-0.05, 0) is 25.7 Å². The molecule has 5 heteroatoms. The lowest BCUT2D eigenvalue weighted by atomic mass is 9.73. The molecule has 0 saturated carbocycles. The maximum atomic E-state index is 12.3. The average molecular weight is 279 g/mol. The highest BCUT2D eigenvalue weighted by Crippen LogP contribution is 2.40. The van der Waals surface area contributed by atoms with Crippen LogP contribution >= 0.6 is 0 Å². The van der Waals surface area contributed by atoms with Crippen LogP contribution < -0.4 is 5.32 Å². The number of aliphatic hydroxyl groups is 1. The van der Waals surface area contributed by atoms with Crippen molar-refractivity contribution in [2.45, 2.75) is 46.6 Å². The van der Waals surface area contributed by atoms with E-state index in [1.54, 1.807) is 13.8 Å². The predicted molar refractivity (Wildman–Crippen MR) is 73.5 cm³/mol. The van der Waals surface area contributed by atoms with E-state index >= 15 is 0 Å². The lowest BCUT2D eigenvalue weighted by Crippen LogP contribution is -2.41. The van der Waals surface area contributed by atoms with Crippen LogP contribution in [-0.4, -0.2) is 29.6 Å². The fourth-order valence-corrected chi connectivity index (χ4v) is 2.88. The first-order valence-electron chi connectivity index (χ1n) is 6.86. The number of ether oxygens (including phenoxy) is 1. The number of hydrogen-bond acceptors (Lipinski definition) is 5. The molecular formula is C15H21NO4. The number of rotatable bonds is 2. The second-order valence-corrected chi connectivity index (χ2v) is 6.12. The summed E-state index contributed by atoms with van der Waals surface area (Å²) < 4.78 is 4.95. The Kier molecular flexibility index (Phi) is 3.73. The Labute approximate surface area is 118 Å². The minimum Gasteiger partial charge on any atom is -0.462 e. The molecule has 1 aliphatic heterocycles. The lowest BCUT2D eigenvalue weighted by molar-refractivity contribution is -0.139. The van der Waals surface area contributed by atoms with Gasteiger partial charge in [-0.25, -0.2) is 4.79 Å². The standard InChI is InChI=1S/C15H21NO4/c1-5-20-14(19)11-8(2)16-9-6-15(3,4)7-10(17)12(9)13(11)18/h13,16,18H,5-7H2,1-4H3. The molecule has 0 fully saturated rings. The molecule has 0 bridgehead atoms. The van der Waals surface area contributed by atoms with Crippen molar-refractivity contribution >= 4 is 11.8 Å². The molecule has 1 unspecified atom stereocenters. The largest absolute Gasteiger partial charge is 0.462 e. The van der Waals surface area contributed by atoms with E-state index in [4.69, 9.17) is 4.74 Å². The van der Waals surface area contributed by atoms with Crippen LogP contribution in [0.5, 0.6) is 0 Å². The summed E-state index contributed by atoms with van der Waals surface area (Å²) >= 11 is 0. The maximum absolute atomic E-state index is 12.3. The summed E-state index contributed by atoms with van der Waals surface area (Å²) in [5, 5.41) is 13.5. The zero-order valence-corrected chi connectivity index (χ0v) is 12.4. The Bertz CT molecular complexity index is 528. The molecule has 5 nitrogen and oxygen atoms in total. The molecule has 110 valence electrons. The second-order valence-electron chi connectivity index (χ2n) is 6.12. The number of allylic oxidation sites excluding steroid dienone is 2. The van der Waals surface area contributed by atoms with Crippen LogP contribution in [-0.2, 0) is 14.3 Å². The van der Waals surface area contributed by atoms with Crippen LogP contribution in [0.15, 0.2) is 22.5 Å². The number of dihydropyridines is 1. The molecule has 20 heavy (non-hydrogen) atoms. The molecular weight excluding hydrogens is 258 g/mol. The fraction of sp³-hybridized carbons (Fsp3) is 0.600. The van der Waals surface area contributed by atoms with Crippen molar-refractivity contribution in [3.05, 3.63) is 22.5 Å². The van der Waals surface area contributed by atoms with Crippen LogP contribution in [0.4, 0.5) is 0 Å². The number of carbonyl (C=O) groups excluding carboxylic acids is 2. The van der Waals surface area contributed by atoms with Gasteiger partial charge in [0.2, 0.25) is 0 Å². The first-order chi connectivity index (χ1) is 9.26. The minimum absolute atomic E-state index is 0.106. The van der Waals surface area contributed by atoms with Gasteiger partial charge in [0.1, 0.15) is 6.10 Å². The van der Waals surface area contributed by atoms with Gasteiger partial charge >= 0.3 is 5.97 Å². The number of ketones is 1. The average Bonchev–Trinajstić information content (AvgIpc) is 2.25. The highest BCUT2D eigenvalue weighted by Gasteiger charge is 2.41. The van der Waals surface area contributed by atoms with E-state index < -0.39 is 12.1 Å². The number of Topliss-reactive ketones (excluding diaryl/α,β-unsaturated/α-hetero) is 1. The minimum atomic E-state index is -1.19. The van der Waals surface area contributed by atoms with Crippen molar-refractivity contribution in [2.24, 2.45) is 5.41 Å². The summed E-state index contributed by atoms with van der Waals surface area (Å²) in [5.41, 5.74) is 1.60. The molecule has 1 aliphatic carbocycles. The number of esters is 1. The van der Waals surface area contributed by atoms with Crippen molar-refractivity contribution in [3.8, 4) is 0 Å². The molecule has 1 atom stereocenters. The Morgan fingerprint density at radius 1 is 1.45 bits per heavy atom. The Balaban J connectivity index is 2.37. The molecule has 0 amide bonds. The molecule has 0 aromatic heterocycles.